The van der Waals surface area contributed by atoms with Crippen molar-refractivity contribution in [2.45, 2.75) is 44.3 Å². The summed E-state index contributed by atoms with van der Waals surface area (Å²) in [5.74, 6) is 0.627. The number of nitrogens with zero attached hydrogens (tertiary/aromatic N) is 1. The zero-order chi connectivity index (χ0) is 23.9. The maximum absolute atomic E-state index is 13.9. The number of carbonyl (C=O) groups is 2. The number of hydrogen-bond acceptors (Lipinski definition) is 5. The fraction of sp³-hybridized carbons (Fsp3) is 0.333. The number of nitrogens with one attached hydrogen (secondary N) is 1. The van der Waals surface area contributed by atoms with Gasteiger partial charge in [-0.3, -0.25) is 9.59 Å². The van der Waals surface area contributed by atoms with Gasteiger partial charge in [-0.2, -0.15) is 0 Å². The van der Waals surface area contributed by atoms with E-state index in [0.717, 1.165) is 36.1 Å². The van der Waals surface area contributed by atoms with Crippen molar-refractivity contribution in [1.82, 2.24) is 10.2 Å². The smallest absolute Gasteiger partial charge is 0.255 e. The number of carbonyl (C=O) groups excluding carboxylic acids is 2. The first-order valence-electron chi connectivity index (χ1n) is 11.5. The molecule has 1 aliphatic carbocycles. The SMILES string of the molecule is COc1ccc(C(=O)N(Cc2ccccc2)[C@H](C(=O)NC2CCCC2)c2cccs2)cc1OC. The lowest BCUT2D eigenvalue weighted by atomic mass is 10.1. The number of thiophene rings is 1. The van der Waals surface area contributed by atoms with Crippen LogP contribution >= 0.6 is 11.3 Å². The van der Waals surface area contributed by atoms with Crippen molar-refractivity contribution >= 4 is 23.2 Å². The molecule has 0 unspecified atom stereocenters. The standard InChI is InChI=1S/C27H30N2O4S/c1-32-22-15-14-20(17-23(22)33-2)27(31)29(18-19-9-4-3-5-10-19)25(24-13-8-16-34-24)26(30)28-21-11-6-7-12-21/h3-5,8-10,13-17,21,25H,6-7,11-12,18H2,1-2H3,(H,28,30)/t25-/m0/s1. The molecule has 34 heavy (non-hydrogen) atoms. The third-order valence-corrected chi connectivity index (χ3v) is 7.09. The lowest BCUT2D eigenvalue weighted by Gasteiger charge is -2.31. The Balaban J connectivity index is 1.73. The largest absolute Gasteiger partial charge is 0.493 e. The van der Waals surface area contributed by atoms with Gasteiger partial charge in [0.25, 0.3) is 5.91 Å². The van der Waals surface area contributed by atoms with Crippen molar-refractivity contribution in [3.63, 3.8) is 0 Å². The Morgan fingerprint density at radius 3 is 2.38 bits per heavy atom. The first-order chi connectivity index (χ1) is 16.6. The Kier molecular flexibility index (Phi) is 7.85. The second-order valence-corrected chi connectivity index (χ2v) is 9.38. The minimum Gasteiger partial charge on any atom is -0.493 e. The topological polar surface area (TPSA) is 67.9 Å². The summed E-state index contributed by atoms with van der Waals surface area (Å²) < 4.78 is 10.8. The molecule has 0 radical (unpaired) electrons. The fourth-order valence-electron chi connectivity index (χ4n) is 4.42. The number of rotatable bonds is 9. The van der Waals surface area contributed by atoms with Gasteiger partial charge in [0.1, 0.15) is 6.04 Å². The molecule has 0 saturated heterocycles. The zero-order valence-corrected chi connectivity index (χ0v) is 20.3. The van der Waals surface area contributed by atoms with Crippen molar-refractivity contribution in [2.75, 3.05) is 14.2 Å². The lowest BCUT2D eigenvalue weighted by Crippen LogP contribution is -2.45. The van der Waals surface area contributed by atoms with Crippen LogP contribution in [0.5, 0.6) is 11.5 Å². The van der Waals surface area contributed by atoms with Gasteiger partial charge < -0.3 is 19.7 Å². The molecule has 2 aromatic carbocycles. The molecule has 178 valence electrons. The van der Waals surface area contributed by atoms with Gasteiger partial charge in [0.2, 0.25) is 5.91 Å². The normalized spacial score (nSPS) is 14.4. The van der Waals surface area contributed by atoms with Gasteiger partial charge in [0.05, 0.1) is 14.2 Å². The van der Waals surface area contributed by atoms with Crippen LogP contribution in [0.25, 0.3) is 0 Å². The predicted molar refractivity (Wildman–Crippen MR) is 133 cm³/mol. The maximum atomic E-state index is 13.9. The molecule has 7 heteroatoms. The summed E-state index contributed by atoms with van der Waals surface area (Å²) in [6, 6.07) is 18.1. The van der Waals surface area contributed by atoms with E-state index in [-0.39, 0.29) is 17.9 Å². The first-order valence-corrected chi connectivity index (χ1v) is 12.4. The summed E-state index contributed by atoms with van der Waals surface area (Å²) in [4.78, 5) is 30.1. The Morgan fingerprint density at radius 2 is 1.74 bits per heavy atom. The van der Waals surface area contributed by atoms with Crippen LogP contribution in [0.15, 0.2) is 66.0 Å². The molecule has 1 aromatic heterocycles. The molecule has 4 rings (SSSR count). The van der Waals surface area contributed by atoms with Gasteiger partial charge in [-0.25, -0.2) is 0 Å². The number of benzene rings is 2. The van der Waals surface area contributed by atoms with Crippen LogP contribution in [-0.2, 0) is 11.3 Å². The summed E-state index contributed by atoms with van der Waals surface area (Å²) in [5, 5.41) is 5.15. The van der Waals surface area contributed by atoms with E-state index in [1.807, 2.05) is 47.8 Å². The van der Waals surface area contributed by atoms with Gasteiger partial charge in [0, 0.05) is 23.0 Å². The highest BCUT2D eigenvalue weighted by atomic mass is 32.1. The molecule has 0 spiro atoms. The molecule has 1 aliphatic rings. The molecule has 1 saturated carbocycles. The van der Waals surface area contributed by atoms with Crippen molar-refractivity contribution in [3.8, 4) is 11.5 Å². The Bertz CT molecular complexity index is 1100. The highest BCUT2D eigenvalue weighted by molar-refractivity contribution is 7.10. The van der Waals surface area contributed by atoms with Crippen LogP contribution in [0.4, 0.5) is 0 Å². The molecule has 1 fully saturated rings. The Morgan fingerprint density at radius 1 is 1.00 bits per heavy atom. The number of ether oxygens (including phenoxy) is 2. The second kappa shape index (κ2) is 11.2. The van der Waals surface area contributed by atoms with Crippen molar-refractivity contribution in [2.24, 2.45) is 0 Å². The quantitative estimate of drug-likeness (QED) is 0.459. The number of hydrogen-bond donors (Lipinski definition) is 1. The van der Waals surface area contributed by atoms with Crippen LogP contribution in [0.3, 0.4) is 0 Å². The number of amides is 2. The van der Waals surface area contributed by atoms with Gasteiger partial charge >= 0.3 is 0 Å². The molecule has 0 bridgehead atoms. The summed E-state index contributed by atoms with van der Waals surface area (Å²) in [6.07, 6.45) is 4.19. The van der Waals surface area contributed by atoms with E-state index in [9.17, 15) is 9.59 Å². The second-order valence-electron chi connectivity index (χ2n) is 8.40. The minimum atomic E-state index is -0.735. The minimum absolute atomic E-state index is 0.140. The van der Waals surface area contributed by atoms with E-state index in [0.29, 0.717) is 23.6 Å². The van der Waals surface area contributed by atoms with Gasteiger partial charge in [0.15, 0.2) is 11.5 Å². The average molecular weight is 479 g/mol. The van der Waals surface area contributed by atoms with Crippen LogP contribution < -0.4 is 14.8 Å². The van der Waals surface area contributed by atoms with E-state index >= 15 is 0 Å². The molecule has 3 aromatic rings. The van der Waals surface area contributed by atoms with Crippen molar-refractivity contribution < 1.29 is 19.1 Å². The molecule has 1 atom stereocenters. The van der Waals surface area contributed by atoms with Crippen LogP contribution in [0, 0.1) is 0 Å². The van der Waals surface area contributed by atoms with Crippen molar-refractivity contribution in [3.05, 3.63) is 82.0 Å². The van der Waals surface area contributed by atoms with Gasteiger partial charge in [-0.1, -0.05) is 49.2 Å². The molecule has 6 nitrogen and oxygen atoms in total. The van der Waals surface area contributed by atoms with Crippen LogP contribution in [-0.4, -0.2) is 37.0 Å². The Hall–Kier alpha value is -3.32. The molecule has 2 amide bonds. The third-order valence-electron chi connectivity index (χ3n) is 6.16. The average Bonchev–Trinajstić information content (AvgIpc) is 3.58. The maximum Gasteiger partial charge on any atom is 0.255 e. The third kappa shape index (κ3) is 5.42. The first kappa shape index (κ1) is 23.8. The summed E-state index contributed by atoms with van der Waals surface area (Å²) >= 11 is 1.48. The highest BCUT2D eigenvalue weighted by Crippen LogP contribution is 2.33. The van der Waals surface area contributed by atoms with E-state index in [1.54, 1.807) is 30.2 Å². The lowest BCUT2D eigenvalue weighted by molar-refractivity contribution is -0.126. The van der Waals surface area contributed by atoms with E-state index in [1.165, 1.54) is 18.4 Å². The summed E-state index contributed by atoms with van der Waals surface area (Å²) in [5.41, 5.74) is 1.38. The van der Waals surface area contributed by atoms with Gasteiger partial charge in [-0.15, -0.1) is 11.3 Å². The van der Waals surface area contributed by atoms with Gasteiger partial charge in [-0.05, 0) is 48.1 Å². The Labute approximate surface area is 204 Å². The van der Waals surface area contributed by atoms with E-state index in [2.05, 4.69) is 5.32 Å². The highest BCUT2D eigenvalue weighted by Gasteiger charge is 2.34. The molecule has 1 N–H and O–H groups in total. The van der Waals surface area contributed by atoms with Crippen LogP contribution in [0.1, 0.15) is 52.5 Å². The van der Waals surface area contributed by atoms with E-state index < -0.39 is 6.04 Å². The number of methoxy groups -OCH3 is 2. The predicted octanol–water partition coefficient (Wildman–Crippen LogP) is 5.21. The molecule has 0 aliphatic heterocycles. The van der Waals surface area contributed by atoms with E-state index in [4.69, 9.17) is 9.47 Å². The molecular weight excluding hydrogens is 448 g/mol. The summed E-state index contributed by atoms with van der Waals surface area (Å²) in [6.45, 7) is 0.300. The fourth-order valence-corrected chi connectivity index (χ4v) is 5.25. The zero-order valence-electron chi connectivity index (χ0n) is 19.5. The monoisotopic (exact) mass is 478 g/mol. The molecule has 1 heterocycles. The summed E-state index contributed by atoms with van der Waals surface area (Å²) in [7, 11) is 3.10. The van der Waals surface area contributed by atoms with Crippen molar-refractivity contribution in [1.29, 1.82) is 0 Å². The molecular formula is C27H30N2O4S. The van der Waals surface area contributed by atoms with Crippen LogP contribution in [0.2, 0.25) is 0 Å².